The number of methoxy groups -OCH3 is 1. The third kappa shape index (κ3) is 3.82. The molecule has 0 spiro atoms. The van der Waals surface area contributed by atoms with Crippen LogP contribution in [0.1, 0.15) is 30.0 Å². The van der Waals surface area contributed by atoms with Gasteiger partial charge in [0.1, 0.15) is 5.75 Å². The second kappa shape index (κ2) is 7.82. The van der Waals surface area contributed by atoms with Crippen molar-refractivity contribution in [1.29, 1.82) is 0 Å². The fraction of sp³-hybridized carbons (Fsp3) is 0.364. The quantitative estimate of drug-likeness (QED) is 0.831. The van der Waals surface area contributed by atoms with Gasteiger partial charge in [0.2, 0.25) is 11.8 Å². The van der Waals surface area contributed by atoms with Crippen LogP contribution in [-0.2, 0) is 9.59 Å². The van der Waals surface area contributed by atoms with Gasteiger partial charge in [-0.1, -0.05) is 29.8 Å². The Morgan fingerprint density at radius 1 is 1.07 bits per heavy atom. The van der Waals surface area contributed by atoms with Crippen molar-refractivity contribution >= 4 is 17.5 Å². The molecule has 2 aromatic rings. The van der Waals surface area contributed by atoms with E-state index in [9.17, 15) is 9.59 Å². The lowest BCUT2D eigenvalue weighted by molar-refractivity contribution is -0.136. The molecule has 1 aliphatic heterocycles. The van der Waals surface area contributed by atoms with Crippen LogP contribution in [-0.4, -0.2) is 37.9 Å². The zero-order valence-electron chi connectivity index (χ0n) is 16.3. The van der Waals surface area contributed by atoms with E-state index in [1.807, 2.05) is 55.5 Å². The molecule has 0 saturated carbocycles. The monoisotopic (exact) mass is 366 g/mol. The zero-order valence-corrected chi connectivity index (χ0v) is 16.3. The summed E-state index contributed by atoms with van der Waals surface area (Å²) in [6.45, 7) is 2.02. The number of hydrogen-bond acceptors (Lipinski definition) is 3. The molecule has 0 aliphatic carbocycles. The number of benzene rings is 2. The van der Waals surface area contributed by atoms with Crippen LogP contribution in [0.15, 0.2) is 48.5 Å². The number of piperidine rings is 1. The first-order valence-electron chi connectivity index (χ1n) is 9.16. The van der Waals surface area contributed by atoms with E-state index >= 15 is 0 Å². The summed E-state index contributed by atoms with van der Waals surface area (Å²) in [7, 11) is 5.15. The Kier molecular flexibility index (Phi) is 5.49. The van der Waals surface area contributed by atoms with Crippen molar-refractivity contribution in [3.8, 4) is 5.75 Å². The van der Waals surface area contributed by atoms with E-state index in [4.69, 9.17) is 4.74 Å². The van der Waals surface area contributed by atoms with Crippen LogP contribution in [0.4, 0.5) is 5.69 Å². The second-order valence-corrected chi connectivity index (χ2v) is 7.20. The zero-order chi connectivity index (χ0) is 19.6. The summed E-state index contributed by atoms with van der Waals surface area (Å²) in [5.74, 6) is 0.550. The van der Waals surface area contributed by atoms with Crippen molar-refractivity contribution in [3.63, 3.8) is 0 Å². The van der Waals surface area contributed by atoms with E-state index < -0.39 is 0 Å². The summed E-state index contributed by atoms with van der Waals surface area (Å²) in [4.78, 5) is 29.2. The molecule has 1 heterocycles. The maximum absolute atomic E-state index is 12.9. The van der Waals surface area contributed by atoms with Gasteiger partial charge in [-0.2, -0.15) is 0 Å². The normalized spacial score (nSPS) is 19.7. The molecule has 2 aromatic carbocycles. The first kappa shape index (κ1) is 19.0. The summed E-state index contributed by atoms with van der Waals surface area (Å²) >= 11 is 0. The van der Waals surface area contributed by atoms with Crippen LogP contribution in [0.25, 0.3) is 0 Å². The Morgan fingerprint density at radius 3 is 2.26 bits per heavy atom. The summed E-state index contributed by atoms with van der Waals surface area (Å²) < 4.78 is 5.26. The first-order valence-corrected chi connectivity index (χ1v) is 9.16. The standard InChI is InChI=1S/C22H26N2O3/c1-15-5-9-17(10-6-15)24-20(25)14-13-19(22(26)23(2)3)21(24)16-7-11-18(27-4)12-8-16/h5-12,19,21H,13-14H2,1-4H3/t19-,21-/m1/s1. The molecule has 0 N–H and O–H groups in total. The molecular weight excluding hydrogens is 340 g/mol. The van der Waals surface area contributed by atoms with Crippen molar-refractivity contribution in [2.75, 3.05) is 26.1 Å². The molecule has 0 bridgehead atoms. The van der Waals surface area contributed by atoms with Crippen molar-refractivity contribution in [3.05, 3.63) is 59.7 Å². The van der Waals surface area contributed by atoms with Crippen LogP contribution < -0.4 is 9.64 Å². The summed E-state index contributed by atoms with van der Waals surface area (Å²) in [6.07, 6.45) is 0.916. The average molecular weight is 366 g/mol. The number of aryl methyl sites for hydroxylation is 1. The van der Waals surface area contributed by atoms with Gasteiger partial charge in [-0.3, -0.25) is 9.59 Å². The average Bonchev–Trinajstić information content (AvgIpc) is 2.68. The Hall–Kier alpha value is -2.82. The lowest BCUT2D eigenvalue weighted by Gasteiger charge is -2.41. The molecule has 5 heteroatoms. The van der Waals surface area contributed by atoms with Crippen molar-refractivity contribution in [2.24, 2.45) is 5.92 Å². The van der Waals surface area contributed by atoms with Gasteiger partial charge in [-0.05, 0) is 43.2 Å². The first-order chi connectivity index (χ1) is 12.9. The van der Waals surface area contributed by atoms with Gasteiger partial charge in [-0.25, -0.2) is 0 Å². The van der Waals surface area contributed by atoms with Gasteiger partial charge in [0.25, 0.3) is 0 Å². The number of carbonyl (C=O) groups excluding carboxylic acids is 2. The van der Waals surface area contributed by atoms with Crippen LogP contribution in [0.5, 0.6) is 5.75 Å². The largest absolute Gasteiger partial charge is 0.497 e. The van der Waals surface area contributed by atoms with E-state index in [0.29, 0.717) is 12.8 Å². The smallest absolute Gasteiger partial charge is 0.227 e. The Balaban J connectivity index is 2.09. The van der Waals surface area contributed by atoms with Crippen molar-refractivity contribution < 1.29 is 14.3 Å². The van der Waals surface area contributed by atoms with Gasteiger partial charge < -0.3 is 14.5 Å². The highest BCUT2D eigenvalue weighted by molar-refractivity contribution is 5.97. The topological polar surface area (TPSA) is 49.9 Å². The number of hydrogen-bond donors (Lipinski definition) is 0. The highest BCUT2D eigenvalue weighted by Crippen LogP contribution is 2.41. The second-order valence-electron chi connectivity index (χ2n) is 7.20. The van der Waals surface area contributed by atoms with Gasteiger partial charge in [-0.15, -0.1) is 0 Å². The van der Waals surface area contributed by atoms with E-state index in [1.165, 1.54) is 0 Å². The predicted molar refractivity (Wildman–Crippen MR) is 106 cm³/mol. The highest BCUT2D eigenvalue weighted by Gasteiger charge is 2.41. The third-order valence-electron chi connectivity index (χ3n) is 5.12. The lowest BCUT2D eigenvalue weighted by atomic mass is 9.83. The van der Waals surface area contributed by atoms with Crippen molar-refractivity contribution in [1.82, 2.24) is 4.90 Å². The minimum absolute atomic E-state index is 0.0421. The molecule has 2 amide bonds. The number of rotatable bonds is 4. The lowest BCUT2D eigenvalue weighted by Crippen LogP contribution is -2.48. The fourth-order valence-corrected chi connectivity index (χ4v) is 3.67. The van der Waals surface area contributed by atoms with Crippen LogP contribution in [0.3, 0.4) is 0 Å². The maximum Gasteiger partial charge on any atom is 0.227 e. The van der Waals surface area contributed by atoms with Crippen LogP contribution in [0.2, 0.25) is 0 Å². The van der Waals surface area contributed by atoms with Crippen molar-refractivity contribution in [2.45, 2.75) is 25.8 Å². The predicted octanol–water partition coefficient (Wildman–Crippen LogP) is 3.58. The molecule has 27 heavy (non-hydrogen) atoms. The number of ether oxygens (including phenoxy) is 1. The molecule has 1 saturated heterocycles. The van der Waals surface area contributed by atoms with Crippen LogP contribution in [0, 0.1) is 12.8 Å². The van der Waals surface area contributed by atoms with E-state index in [-0.39, 0.29) is 23.8 Å². The Morgan fingerprint density at radius 2 is 1.70 bits per heavy atom. The molecule has 142 valence electrons. The summed E-state index contributed by atoms with van der Waals surface area (Å²) in [6, 6.07) is 15.2. The van der Waals surface area contributed by atoms with Gasteiger partial charge >= 0.3 is 0 Å². The highest BCUT2D eigenvalue weighted by atomic mass is 16.5. The molecule has 2 atom stereocenters. The molecule has 1 aliphatic rings. The van der Waals surface area contributed by atoms with Gasteiger partial charge in [0.05, 0.1) is 19.1 Å². The number of anilines is 1. The van der Waals surface area contributed by atoms with E-state index in [2.05, 4.69) is 0 Å². The number of nitrogens with zero attached hydrogens (tertiary/aromatic N) is 2. The molecule has 0 unspecified atom stereocenters. The summed E-state index contributed by atoms with van der Waals surface area (Å²) in [5, 5.41) is 0. The Labute approximate surface area is 160 Å². The van der Waals surface area contributed by atoms with E-state index in [0.717, 1.165) is 22.6 Å². The SMILES string of the molecule is COc1ccc([C@@H]2[C@H](C(=O)N(C)C)CCC(=O)N2c2ccc(C)cc2)cc1. The maximum atomic E-state index is 12.9. The molecule has 1 fully saturated rings. The third-order valence-corrected chi connectivity index (χ3v) is 5.12. The molecule has 3 rings (SSSR count). The van der Waals surface area contributed by atoms with Crippen LogP contribution >= 0.6 is 0 Å². The molecule has 0 radical (unpaired) electrons. The minimum Gasteiger partial charge on any atom is -0.497 e. The van der Waals surface area contributed by atoms with E-state index in [1.54, 1.807) is 31.0 Å². The molecule has 5 nitrogen and oxygen atoms in total. The summed E-state index contributed by atoms with van der Waals surface area (Å²) in [5.41, 5.74) is 2.89. The van der Waals surface area contributed by atoms with Gasteiger partial charge in [0, 0.05) is 26.2 Å². The molecule has 0 aromatic heterocycles. The van der Waals surface area contributed by atoms with Gasteiger partial charge in [0.15, 0.2) is 0 Å². The molecular formula is C22H26N2O3. The number of carbonyl (C=O) groups is 2. The number of amides is 2. The Bertz CT molecular complexity index is 812. The fourth-order valence-electron chi connectivity index (χ4n) is 3.67. The minimum atomic E-state index is -0.338.